The number of hydrogen-bond donors (Lipinski definition) is 2. The van der Waals surface area contributed by atoms with Crippen molar-refractivity contribution in [2.45, 2.75) is 83.0 Å². The SMILES string of the molecule is CC(C)(C)OC(=O)NC1CCCC(O)(Cc2nc(C(C)(F)F)no2)C1. The summed E-state index contributed by atoms with van der Waals surface area (Å²) in [5.41, 5.74) is -1.81. The molecule has 7 nitrogen and oxygen atoms in total. The quantitative estimate of drug-likeness (QED) is 0.856. The van der Waals surface area contributed by atoms with Crippen LogP contribution in [0.15, 0.2) is 4.52 Å². The summed E-state index contributed by atoms with van der Waals surface area (Å²) in [6, 6.07) is -0.274. The van der Waals surface area contributed by atoms with Gasteiger partial charge in [0.05, 0.1) is 12.0 Å². The molecule has 2 rings (SSSR count). The third-order valence-electron chi connectivity index (χ3n) is 3.88. The van der Waals surface area contributed by atoms with Gasteiger partial charge in [-0.15, -0.1) is 0 Å². The molecule has 0 saturated heterocycles. The Hall–Kier alpha value is -1.77. The Labute approximate surface area is 145 Å². The highest BCUT2D eigenvalue weighted by Gasteiger charge is 2.38. The Morgan fingerprint density at radius 1 is 1.44 bits per heavy atom. The molecular weight excluding hydrogens is 336 g/mol. The number of rotatable bonds is 4. The average molecular weight is 361 g/mol. The van der Waals surface area contributed by atoms with Crippen molar-refractivity contribution in [1.82, 2.24) is 15.5 Å². The van der Waals surface area contributed by atoms with Crippen molar-refractivity contribution in [3.8, 4) is 0 Å². The van der Waals surface area contributed by atoms with Crippen LogP contribution in [0.5, 0.6) is 0 Å². The minimum Gasteiger partial charge on any atom is -0.444 e. The number of halogens is 2. The minimum atomic E-state index is -3.20. The molecule has 1 fully saturated rings. The van der Waals surface area contributed by atoms with E-state index in [-0.39, 0.29) is 24.8 Å². The van der Waals surface area contributed by atoms with E-state index in [2.05, 4.69) is 15.5 Å². The van der Waals surface area contributed by atoms with Gasteiger partial charge in [0.15, 0.2) is 0 Å². The van der Waals surface area contributed by atoms with Crippen LogP contribution in [-0.2, 0) is 17.1 Å². The van der Waals surface area contributed by atoms with E-state index in [9.17, 15) is 18.7 Å². The number of carbonyl (C=O) groups excluding carboxylic acids is 1. The van der Waals surface area contributed by atoms with Crippen LogP contribution in [0.1, 0.15) is 65.1 Å². The molecule has 0 aliphatic heterocycles. The Morgan fingerprint density at radius 2 is 2.12 bits per heavy atom. The fourth-order valence-electron chi connectivity index (χ4n) is 2.88. The monoisotopic (exact) mass is 361 g/mol. The van der Waals surface area contributed by atoms with E-state index in [1.807, 2.05) is 0 Å². The topological polar surface area (TPSA) is 97.5 Å². The maximum atomic E-state index is 13.2. The molecule has 0 aromatic carbocycles. The molecule has 1 heterocycles. The molecule has 1 aromatic rings. The number of aliphatic hydroxyl groups is 1. The molecule has 9 heteroatoms. The summed E-state index contributed by atoms with van der Waals surface area (Å²) in [4.78, 5) is 15.5. The van der Waals surface area contributed by atoms with Gasteiger partial charge in [0.25, 0.3) is 0 Å². The number of alkyl halides is 2. The maximum absolute atomic E-state index is 13.2. The highest BCUT2D eigenvalue weighted by Crippen LogP contribution is 2.32. The van der Waals surface area contributed by atoms with Crippen molar-refractivity contribution in [2.24, 2.45) is 0 Å². The average Bonchev–Trinajstić information content (AvgIpc) is 2.83. The predicted molar refractivity (Wildman–Crippen MR) is 84.1 cm³/mol. The second-order valence-corrected chi connectivity index (χ2v) is 7.74. The van der Waals surface area contributed by atoms with Crippen molar-refractivity contribution in [3.05, 3.63) is 11.7 Å². The van der Waals surface area contributed by atoms with Crippen LogP contribution in [-0.4, -0.2) is 38.6 Å². The Balaban J connectivity index is 1.96. The van der Waals surface area contributed by atoms with E-state index >= 15 is 0 Å². The second kappa shape index (κ2) is 6.86. The fourth-order valence-corrected chi connectivity index (χ4v) is 2.88. The number of carbonyl (C=O) groups is 1. The molecule has 1 aromatic heterocycles. The largest absolute Gasteiger partial charge is 0.444 e. The smallest absolute Gasteiger partial charge is 0.407 e. The van der Waals surface area contributed by atoms with Crippen LogP contribution < -0.4 is 5.32 Å². The van der Waals surface area contributed by atoms with Gasteiger partial charge in [0.1, 0.15) is 5.60 Å². The van der Waals surface area contributed by atoms with Crippen LogP contribution in [0, 0.1) is 0 Å². The van der Waals surface area contributed by atoms with Gasteiger partial charge in [-0.2, -0.15) is 13.8 Å². The minimum absolute atomic E-state index is 0.0391. The summed E-state index contributed by atoms with van der Waals surface area (Å²) < 4.78 is 36.4. The first-order valence-electron chi connectivity index (χ1n) is 8.29. The lowest BCUT2D eigenvalue weighted by Gasteiger charge is -2.36. The molecule has 0 bridgehead atoms. The summed E-state index contributed by atoms with van der Waals surface area (Å²) in [6.07, 6.45) is 1.49. The lowest BCUT2D eigenvalue weighted by molar-refractivity contribution is -0.0149. The van der Waals surface area contributed by atoms with Crippen LogP contribution in [0.25, 0.3) is 0 Å². The standard InChI is InChI=1S/C16H25F2N3O4/c1-14(2,3)24-13(22)19-10-6-5-7-16(23,8-10)9-11-20-12(21-25-11)15(4,17)18/h10,23H,5-9H2,1-4H3,(H,19,22). The summed E-state index contributed by atoms with van der Waals surface area (Å²) in [6.45, 7) is 5.97. The van der Waals surface area contributed by atoms with Gasteiger partial charge >= 0.3 is 12.0 Å². The zero-order valence-corrected chi connectivity index (χ0v) is 14.9. The number of hydrogen-bond acceptors (Lipinski definition) is 6. The first kappa shape index (κ1) is 19.6. The van der Waals surface area contributed by atoms with Crippen molar-refractivity contribution in [1.29, 1.82) is 0 Å². The lowest BCUT2D eigenvalue weighted by Crippen LogP contribution is -2.48. The van der Waals surface area contributed by atoms with Crippen molar-refractivity contribution < 1.29 is 27.9 Å². The molecule has 2 atom stereocenters. The van der Waals surface area contributed by atoms with E-state index in [0.717, 1.165) is 0 Å². The summed E-state index contributed by atoms with van der Waals surface area (Å²) >= 11 is 0. The van der Waals surface area contributed by atoms with E-state index in [4.69, 9.17) is 9.26 Å². The van der Waals surface area contributed by atoms with Gasteiger partial charge in [0, 0.05) is 13.0 Å². The fraction of sp³-hybridized carbons (Fsp3) is 0.812. The van der Waals surface area contributed by atoms with Gasteiger partial charge in [0.2, 0.25) is 11.7 Å². The first-order chi connectivity index (χ1) is 11.4. The van der Waals surface area contributed by atoms with Gasteiger partial charge in [-0.05, 0) is 46.5 Å². The van der Waals surface area contributed by atoms with E-state index < -0.39 is 29.0 Å². The molecule has 2 N–H and O–H groups in total. The highest BCUT2D eigenvalue weighted by atomic mass is 19.3. The predicted octanol–water partition coefficient (Wildman–Crippen LogP) is 2.92. The Bertz CT molecular complexity index is 609. The molecule has 0 spiro atoms. The van der Waals surface area contributed by atoms with Crippen LogP contribution in [0.3, 0.4) is 0 Å². The highest BCUT2D eigenvalue weighted by molar-refractivity contribution is 5.68. The van der Waals surface area contributed by atoms with Gasteiger partial charge in [-0.3, -0.25) is 0 Å². The lowest BCUT2D eigenvalue weighted by atomic mass is 9.79. The number of nitrogens with one attached hydrogen (secondary N) is 1. The zero-order valence-electron chi connectivity index (χ0n) is 14.9. The number of aromatic nitrogens is 2. The van der Waals surface area contributed by atoms with Crippen molar-refractivity contribution >= 4 is 6.09 Å². The number of amides is 1. The normalized spacial score (nSPS) is 24.8. The van der Waals surface area contributed by atoms with Gasteiger partial charge < -0.3 is 19.7 Å². The van der Waals surface area contributed by atoms with Gasteiger partial charge in [-0.1, -0.05) is 5.16 Å². The Kier molecular flexibility index (Phi) is 5.36. The number of alkyl carbamates (subject to hydrolysis) is 1. The molecule has 1 amide bonds. The van der Waals surface area contributed by atoms with E-state index in [0.29, 0.717) is 26.2 Å². The van der Waals surface area contributed by atoms with Gasteiger partial charge in [-0.25, -0.2) is 4.79 Å². The zero-order chi connectivity index (χ0) is 18.9. The summed E-state index contributed by atoms with van der Waals surface area (Å²) in [5.74, 6) is -3.94. The molecule has 1 aliphatic carbocycles. The molecule has 142 valence electrons. The summed E-state index contributed by atoms with van der Waals surface area (Å²) in [7, 11) is 0. The molecule has 2 unspecified atom stereocenters. The second-order valence-electron chi connectivity index (χ2n) is 7.74. The Morgan fingerprint density at radius 3 is 2.68 bits per heavy atom. The van der Waals surface area contributed by atoms with Crippen LogP contribution >= 0.6 is 0 Å². The van der Waals surface area contributed by atoms with Crippen molar-refractivity contribution in [2.75, 3.05) is 0 Å². The maximum Gasteiger partial charge on any atom is 0.407 e. The van der Waals surface area contributed by atoms with E-state index in [1.165, 1.54) is 0 Å². The summed E-state index contributed by atoms with van der Waals surface area (Å²) in [5, 5.41) is 16.7. The molecular formula is C16H25F2N3O4. The van der Waals surface area contributed by atoms with E-state index in [1.54, 1.807) is 20.8 Å². The van der Waals surface area contributed by atoms with Crippen molar-refractivity contribution in [3.63, 3.8) is 0 Å². The third-order valence-corrected chi connectivity index (χ3v) is 3.88. The third kappa shape index (κ3) is 5.91. The molecule has 0 radical (unpaired) electrons. The van der Waals surface area contributed by atoms with Crippen LogP contribution in [0.2, 0.25) is 0 Å². The van der Waals surface area contributed by atoms with Crippen LogP contribution in [0.4, 0.5) is 13.6 Å². The molecule has 1 aliphatic rings. The number of ether oxygens (including phenoxy) is 1. The first-order valence-corrected chi connectivity index (χ1v) is 8.29. The number of nitrogens with zero attached hydrogens (tertiary/aromatic N) is 2. The molecule has 1 saturated carbocycles. The molecule has 25 heavy (non-hydrogen) atoms.